The number of nitrogens with zero attached hydrogens (tertiary/aromatic N) is 5. The molecule has 0 radical (unpaired) electrons. The number of rotatable bonds is 5. The second kappa shape index (κ2) is 8.65. The molecule has 0 saturated carbocycles. The van der Waals surface area contributed by atoms with Gasteiger partial charge in [-0.05, 0) is 57.7 Å². The molecule has 1 fully saturated rings. The molecule has 2 aromatic heterocycles. The lowest BCUT2D eigenvalue weighted by atomic mass is 9.97. The Labute approximate surface area is 166 Å². The number of hydrogen-bond donors (Lipinski definition) is 0. The van der Waals surface area contributed by atoms with Crippen molar-refractivity contribution in [3.05, 3.63) is 36.8 Å². The van der Waals surface area contributed by atoms with Crippen molar-refractivity contribution >= 4 is 11.8 Å². The summed E-state index contributed by atoms with van der Waals surface area (Å²) in [6, 6.07) is 5.76. The van der Waals surface area contributed by atoms with Gasteiger partial charge in [-0.3, -0.25) is 4.98 Å². The molecule has 7 nitrogen and oxygen atoms in total. The van der Waals surface area contributed by atoms with Crippen LogP contribution in [0.25, 0.3) is 11.4 Å². The monoisotopic (exact) mass is 383 g/mol. The first-order valence-corrected chi connectivity index (χ1v) is 9.75. The Kier molecular flexibility index (Phi) is 6.24. The quantitative estimate of drug-likeness (QED) is 0.785. The van der Waals surface area contributed by atoms with Crippen LogP contribution >= 0.6 is 0 Å². The molecule has 1 saturated heterocycles. The van der Waals surface area contributed by atoms with Crippen molar-refractivity contribution in [2.75, 3.05) is 31.6 Å². The molecule has 28 heavy (non-hydrogen) atoms. The molecule has 0 aromatic carbocycles. The van der Waals surface area contributed by atoms with Gasteiger partial charge in [0.05, 0.1) is 5.41 Å². The highest BCUT2D eigenvalue weighted by Gasteiger charge is 2.28. The lowest BCUT2D eigenvalue weighted by Gasteiger charge is -2.34. The lowest BCUT2D eigenvalue weighted by Crippen LogP contribution is -2.41. The molecular weight excluding hydrogens is 354 g/mol. The van der Waals surface area contributed by atoms with Gasteiger partial charge in [0.1, 0.15) is 5.82 Å². The van der Waals surface area contributed by atoms with Crippen molar-refractivity contribution in [2.24, 2.45) is 11.3 Å². The third kappa shape index (κ3) is 5.25. The summed E-state index contributed by atoms with van der Waals surface area (Å²) in [6.07, 6.45) is 7.27. The Morgan fingerprint density at radius 2 is 1.86 bits per heavy atom. The van der Waals surface area contributed by atoms with Crippen LogP contribution in [0, 0.1) is 11.3 Å². The molecule has 150 valence electrons. The van der Waals surface area contributed by atoms with Gasteiger partial charge in [-0.25, -0.2) is 14.8 Å². The first-order chi connectivity index (χ1) is 13.3. The summed E-state index contributed by atoms with van der Waals surface area (Å²) < 4.78 is 0. The Bertz CT molecular complexity index is 783. The highest BCUT2D eigenvalue weighted by Crippen LogP contribution is 2.23. The average Bonchev–Trinajstić information content (AvgIpc) is 2.69. The smallest absolute Gasteiger partial charge is 0.330 e. The van der Waals surface area contributed by atoms with Crippen LogP contribution in [0.3, 0.4) is 0 Å². The molecule has 0 bridgehead atoms. The molecule has 3 rings (SSSR count). The third-order valence-corrected chi connectivity index (χ3v) is 4.90. The van der Waals surface area contributed by atoms with E-state index in [1.54, 1.807) is 23.7 Å². The van der Waals surface area contributed by atoms with Crippen molar-refractivity contribution in [1.29, 1.82) is 0 Å². The van der Waals surface area contributed by atoms with Gasteiger partial charge in [0, 0.05) is 50.8 Å². The molecule has 0 N–H and O–H groups in total. The van der Waals surface area contributed by atoms with Crippen molar-refractivity contribution in [1.82, 2.24) is 20.0 Å². The van der Waals surface area contributed by atoms with E-state index >= 15 is 0 Å². The average molecular weight is 383 g/mol. The Morgan fingerprint density at radius 1 is 1.18 bits per heavy atom. The molecule has 0 spiro atoms. The highest BCUT2D eigenvalue weighted by molar-refractivity contribution is 5.75. The Hall–Kier alpha value is -2.54. The third-order valence-electron chi connectivity index (χ3n) is 4.90. The summed E-state index contributed by atoms with van der Waals surface area (Å²) in [7, 11) is 2.06. The fourth-order valence-electron chi connectivity index (χ4n) is 3.12. The molecule has 0 aliphatic carbocycles. The van der Waals surface area contributed by atoms with Gasteiger partial charge in [-0.2, -0.15) is 0 Å². The standard InChI is InChI=1S/C21H29N5O2/c1-21(2,3)20(27)28-26-13-8-16(9-14-26)15-25(4)18-7-12-23-19(24-18)17-5-10-22-11-6-17/h5-7,10-12,16H,8-9,13-15H2,1-4H3. The summed E-state index contributed by atoms with van der Waals surface area (Å²) >= 11 is 0. The SMILES string of the molecule is CN(CC1CCN(OC(=O)C(C)(C)C)CC1)c1ccnc(-c2ccncc2)n1. The first kappa shape index (κ1) is 20.2. The maximum atomic E-state index is 12.0. The topological polar surface area (TPSA) is 71.5 Å². The van der Waals surface area contributed by atoms with Crippen molar-refractivity contribution in [2.45, 2.75) is 33.6 Å². The zero-order valence-electron chi connectivity index (χ0n) is 17.1. The zero-order valence-corrected chi connectivity index (χ0v) is 17.1. The number of hydrogen-bond acceptors (Lipinski definition) is 7. The van der Waals surface area contributed by atoms with Gasteiger partial charge in [0.2, 0.25) is 0 Å². The van der Waals surface area contributed by atoms with E-state index in [1.807, 2.05) is 39.0 Å². The van der Waals surface area contributed by atoms with E-state index in [9.17, 15) is 4.79 Å². The molecule has 1 aliphatic heterocycles. The van der Waals surface area contributed by atoms with Crippen molar-refractivity contribution in [3.63, 3.8) is 0 Å². The first-order valence-electron chi connectivity index (χ1n) is 9.75. The number of pyridine rings is 1. The number of piperidine rings is 1. The predicted octanol–water partition coefficient (Wildman–Crippen LogP) is 3.19. The van der Waals surface area contributed by atoms with E-state index in [0.29, 0.717) is 11.7 Å². The van der Waals surface area contributed by atoms with E-state index < -0.39 is 5.41 Å². The molecule has 0 amide bonds. The summed E-state index contributed by atoms with van der Waals surface area (Å²) in [5.74, 6) is 1.97. The maximum Gasteiger partial charge on any atom is 0.330 e. The molecule has 3 heterocycles. The number of hydroxylamine groups is 2. The predicted molar refractivity (Wildman–Crippen MR) is 108 cm³/mol. The summed E-state index contributed by atoms with van der Waals surface area (Å²) in [5.41, 5.74) is 0.482. The second-order valence-corrected chi connectivity index (χ2v) is 8.36. The van der Waals surface area contributed by atoms with Crippen LogP contribution in [0.2, 0.25) is 0 Å². The largest absolute Gasteiger partial charge is 0.367 e. The minimum absolute atomic E-state index is 0.173. The summed E-state index contributed by atoms with van der Waals surface area (Å²) in [5, 5.41) is 1.80. The zero-order chi connectivity index (χ0) is 20.1. The fraction of sp³-hybridized carbons (Fsp3) is 0.524. The Morgan fingerprint density at radius 3 is 2.50 bits per heavy atom. The number of aromatic nitrogens is 3. The van der Waals surface area contributed by atoms with E-state index in [-0.39, 0.29) is 5.97 Å². The van der Waals surface area contributed by atoms with Gasteiger partial charge in [0.25, 0.3) is 0 Å². The van der Waals surface area contributed by atoms with E-state index in [1.165, 1.54) is 0 Å². The van der Waals surface area contributed by atoms with E-state index in [2.05, 4.69) is 21.9 Å². The lowest BCUT2D eigenvalue weighted by molar-refractivity contribution is -0.205. The molecule has 0 atom stereocenters. The van der Waals surface area contributed by atoms with Crippen LogP contribution in [0.4, 0.5) is 5.82 Å². The Balaban J connectivity index is 1.54. The summed E-state index contributed by atoms with van der Waals surface area (Å²) in [4.78, 5) is 32.8. The van der Waals surface area contributed by atoms with Gasteiger partial charge in [-0.15, -0.1) is 5.06 Å². The van der Waals surface area contributed by atoms with E-state index in [0.717, 1.165) is 43.9 Å². The van der Waals surface area contributed by atoms with Crippen LogP contribution in [0.15, 0.2) is 36.8 Å². The minimum Gasteiger partial charge on any atom is -0.367 e. The van der Waals surface area contributed by atoms with Gasteiger partial charge < -0.3 is 9.74 Å². The second-order valence-electron chi connectivity index (χ2n) is 8.36. The van der Waals surface area contributed by atoms with Gasteiger partial charge in [0.15, 0.2) is 5.82 Å². The fourth-order valence-corrected chi connectivity index (χ4v) is 3.12. The van der Waals surface area contributed by atoms with Crippen molar-refractivity contribution < 1.29 is 9.63 Å². The van der Waals surface area contributed by atoms with Crippen LogP contribution < -0.4 is 4.90 Å². The van der Waals surface area contributed by atoms with Gasteiger partial charge >= 0.3 is 5.97 Å². The van der Waals surface area contributed by atoms with E-state index in [4.69, 9.17) is 9.82 Å². The van der Waals surface area contributed by atoms with Crippen LogP contribution in [-0.2, 0) is 9.63 Å². The molecular formula is C21H29N5O2. The molecule has 1 aliphatic rings. The minimum atomic E-state index is -0.476. The van der Waals surface area contributed by atoms with Crippen LogP contribution in [0.5, 0.6) is 0 Å². The number of carbonyl (C=O) groups excluding carboxylic acids is 1. The molecule has 7 heteroatoms. The number of anilines is 1. The van der Waals surface area contributed by atoms with Crippen LogP contribution in [0.1, 0.15) is 33.6 Å². The summed E-state index contributed by atoms with van der Waals surface area (Å²) in [6.45, 7) is 8.07. The highest BCUT2D eigenvalue weighted by atomic mass is 16.7. The van der Waals surface area contributed by atoms with Crippen LogP contribution in [-0.4, -0.2) is 52.7 Å². The number of carbonyl (C=O) groups is 1. The van der Waals surface area contributed by atoms with Crippen molar-refractivity contribution in [3.8, 4) is 11.4 Å². The molecule has 0 unspecified atom stereocenters. The maximum absolute atomic E-state index is 12.0. The van der Waals surface area contributed by atoms with Gasteiger partial charge in [-0.1, -0.05) is 0 Å². The molecule has 2 aromatic rings. The normalized spacial score (nSPS) is 16.0.